The molecule has 168 valence electrons. The number of fused-ring (bicyclic) bond motifs is 2. The molecule has 31 heavy (non-hydrogen) atoms. The molecule has 7 heteroatoms. The largest absolute Gasteiger partial charge is 0.493 e. The Balaban J connectivity index is 1.83. The minimum Gasteiger partial charge on any atom is -0.493 e. The Hall–Kier alpha value is -2.64. The first-order valence-corrected chi connectivity index (χ1v) is 10.7. The van der Waals surface area contributed by atoms with Gasteiger partial charge in [0.15, 0.2) is 23.0 Å². The Morgan fingerprint density at radius 1 is 0.935 bits per heavy atom. The molecule has 0 aromatic heterocycles. The molecule has 0 fully saturated rings. The first-order chi connectivity index (χ1) is 15.0. The molecule has 0 saturated heterocycles. The molecule has 0 saturated carbocycles. The Kier molecular flexibility index (Phi) is 6.43. The van der Waals surface area contributed by atoms with Crippen LogP contribution in [0.5, 0.6) is 28.7 Å². The van der Waals surface area contributed by atoms with Crippen LogP contribution < -0.4 is 23.7 Å². The lowest BCUT2D eigenvalue weighted by Gasteiger charge is -2.39. The molecule has 0 N–H and O–H groups in total. The van der Waals surface area contributed by atoms with E-state index in [1.165, 1.54) is 11.1 Å². The van der Waals surface area contributed by atoms with Crippen molar-refractivity contribution in [3.8, 4) is 28.7 Å². The molecule has 2 aliphatic heterocycles. The molecule has 0 aliphatic carbocycles. The van der Waals surface area contributed by atoms with Gasteiger partial charge in [0.25, 0.3) is 0 Å². The fourth-order valence-corrected chi connectivity index (χ4v) is 4.43. The van der Waals surface area contributed by atoms with Gasteiger partial charge in [-0.15, -0.1) is 0 Å². The summed E-state index contributed by atoms with van der Waals surface area (Å²) in [4.78, 5) is 4.73. The molecule has 1 atom stereocenters. The highest BCUT2D eigenvalue weighted by atomic mass is 16.6. The number of benzene rings is 2. The fraction of sp³-hybridized carbons (Fsp3) is 0.500. The second-order valence-corrected chi connectivity index (χ2v) is 8.15. The van der Waals surface area contributed by atoms with Gasteiger partial charge in [0.2, 0.25) is 5.75 Å². The monoisotopic (exact) mass is 428 g/mol. The fourth-order valence-electron chi connectivity index (χ4n) is 4.43. The summed E-state index contributed by atoms with van der Waals surface area (Å²) in [6, 6.07) is 8.46. The summed E-state index contributed by atoms with van der Waals surface area (Å²) in [5, 5.41) is 0. The van der Waals surface area contributed by atoms with Gasteiger partial charge in [0.05, 0.1) is 27.4 Å². The van der Waals surface area contributed by atoms with Crippen LogP contribution in [0.3, 0.4) is 0 Å². The third-order valence-corrected chi connectivity index (χ3v) is 5.97. The van der Waals surface area contributed by atoms with Gasteiger partial charge in [-0.1, -0.05) is 0 Å². The van der Waals surface area contributed by atoms with E-state index in [4.69, 9.17) is 23.7 Å². The van der Waals surface area contributed by atoms with Crippen molar-refractivity contribution >= 4 is 0 Å². The lowest BCUT2D eigenvalue weighted by molar-refractivity contribution is 0.166. The van der Waals surface area contributed by atoms with Crippen LogP contribution in [0.1, 0.15) is 22.7 Å². The molecule has 7 nitrogen and oxygen atoms in total. The Morgan fingerprint density at radius 2 is 1.58 bits per heavy atom. The number of methoxy groups -OCH3 is 3. The molecule has 0 radical (unpaired) electrons. The van der Waals surface area contributed by atoms with Crippen molar-refractivity contribution in [1.82, 2.24) is 9.80 Å². The zero-order chi connectivity index (χ0) is 22.0. The topological polar surface area (TPSA) is 52.6 Å². The molecule has 1 unspecified atom stereocenters. The molecule has 0 bridgehead atoms. The van der Waals surface area contributed by atoms with Crippen LogP contribution >= 0.6 is 0 Å². The smallest absolute Gasteiger partial charge is 0.203 e. The van der Waals surface area contributed by atoms with Crippen LogP contribution in [0.25, 0.3) is 0 Å². The van der Waals surface area contributed by atoms with E-state index in [9.17, 15) is 0 Å². The zero-order valence-electron chi connectivity index (χ0n) is 19.1. The SMILES string of the molecule is COc1cc(C2c3cc4c(cc3CCN2CCN(C)C)OCCO4)cc(OC)c1OC. The number of nitrogens with zero attached hydrogens (tertiary/aromatic N) is 2. The average Bonchev–Trinajstić information content (AvgIpc) is 2.79. The standard InChI is InChI=1S/C24H32N2O5/c1-25(2)8-9-26-7-6-16-12-19-20(31-11-10-30-19)15-18(16)23(26)17-13-21(27-3)24(29-5)22(14-17)28-4/h12-15,23H,6-11H2,1-5H3. The van der Waals surface area contributed by atoms with E-state index >= 15 is 0 Å². The molecular formula is C24H32N2O5. The lowest BCUT2D eigenvalue weighted by atomic mass is 9.87. The van der Waals surface area contributed by atoms with Gasteiger partial charge in [-0.2, -0.15) is 0 Å². The third kappa shape index (κ3) is 4.25. The number of ether oxygens (including phenoxy) is 5. The van der Waals surface area contributed by atoms with Crippen molar-refractivity contribution in [2.75, 3.05) is 68.3 Å². The second kappa shape index (κ2) is 9.24. The van der Waals surface area contributed by atoms with Crippen LogP contribution in [-0.4, -0.2) is 78.1 Å². The molecule has 4 rings (SSSR count). The predicted molar refractivity (Wildman–Crippen MR) is 119 cm³/mol. The third-order valence-electron chi connectivity index (χ3n) is 5.97. The van der Waals surface area contributed by atoms with Gasteiger partial charge in [0, 0.05) is 19.6 Å². The van der Waals surface area contributed by atoms with Crippen molar-refractivity contribution in [1.29, 1.82) is 0 Å². The van der Waals surface area contributed by atoms with E-state index in [1.807, 2.05) is 0 Å². The van der Waals surface area contributed by atoms with Crippen molar-refractivity contribution in [3.63, 3.8) is 0 Å². The predicted octanol–water partition coefficient (Wildman–Crippen LogP) is 2.99. The van der Waals surface area contributed by atoms with Crippen molar-refractivity contribution in [2.24, 2.45) is 0 Å². The van der Waals surface area contributed by atoms with Crippen LogP contribution in [-0.2, 0) is 6.42 Å². The van der Waals surface area contributed by atoms with Crippen molar-refractivity contribution in [3.05, 3.63) is 41.0 Å². The van der Waals surface area contributed by atoms with E-state index in [2.05, 4.69) is 48.2 Å². The van der Waals surface area contributed by atoms with Gasteiger partial charge in [0.1, 0.15) is 13.2 Å². The molecule has 2 aromatic rings. The summed E-state index contributed by atoms with van der Waals surface area (Å²) >= 11 is 0. The lowest BCUT2D eigenvalue weighted by Crippen LogP contribution is -2.40. The molecule has 2 aliphatic rings. The highest BCUT2D eigenvalue weighted by molar-refractivity contribution is 5.58. The maximum absolute atomic E-state index is 5.91. The quantitative estimate of drug-likeness (QED) is 0.672. The van der Waals surface area contributed by atoms with Gasteiger partial charge in [-0.25, -0.2) is 0 Å². The summed E-state index contributed by atoms with van der Waals surface area (Å²) in [5.41, 5.74) is 3.64. The van der Waals surface area contributed by atoms with Crippen LogP contribution in [0.2, 0.25) is 0 Å². The van der Waals surface area contributed by atoms with Gasteiger partial charge in [-0.05, 0) is 61.5 Å². The maximum Gasteiger partial charge on any atom is 0.203 e. The van der Waals surface area contributed by atoms with Gasteiger partial charge >= 0.3 is 0 Å². The zero-order valence-corrected chi connectivity index (χ0v) is 19.1. The molecule has 2 heterocycles. The Bertz CT molecular complexity index is 905. The van der Waals surface area contributed by atoms with E-state index in [1.54, 1.807) is 21.3 Å². The van der Waals surface area contributed by atoms with E-state index in [0.29, 0.717) is 30.5 Å². The normalized spacial score (nSPS) is 17.9. The first kappa shape index (κ1) is 21.6. The second-order valence-electron chi connectivity index (χ2n) is 8.15. The number of hydrogen-bond donors (Lipinski definition) is 0. The summed E-state index contributed by atoms with van der Waals surface area (Å²) in [5.74, 6) is 3.59. The molecule has 2 aromatic carbocycles. The number of likely N-dealkylation sites (N-methyl/N-ethyl adjacent to an activating group) is 1. The minimum atomic E-state index is 0.0493. The first-order valence-electron chi connectivity index (χ1n) is 10.7. The van der Waals surface area contributed by atoms with E-state index in [-0.39, 0.29) is 6.04 Å². The molecule has 0 spiro atoms. The Labute approximate surface area is 184 Å². The van der Waals surface area contributed by atoms with Crippen molar-refractivity contribution in [2.45, 2.75) is 12.5 Å². The van der Waals surface area contributed by atoms with Crippen molar-refractivity contribution < 1.29 is 23.7 Å². The average molecular weight is 429 g/mol. The van der Waals surface area contributed by atoms with Crippen LogP contribution in [0.4, 0.5) is 0 Å². The van der Waals surface area contributed by atoms with Gasteiger partial charge in [-0.3, -0.25) is 4.90 Å². The van der Waals surface area contributed by atoms with Crippen LogP contribution in [0, 0.1) is 0 Å². The number of rotatable bonds is 7. The highest BCUT2D eigenvalue weighted by Crippen LogP contribution is 2.46. The summed E-state index contributed by atoms with van der Waals surface area (Å²) in [6.07, 6.45) is 0.973. The summed E-state index contributed by atoms with van der Waals surface area (Å²) in [7, 11) is 9.15. The maximum atomic E-state index is 5.91. The van der Waals surface area contributed by atoms with Crippen LogP contribution in [0.15, 0.2) is 24.3 Å². The summed E-state index contributed by atoms with van der Waals surface area (Å²) < 4.78 is 28.6. The highest BCUT2D eigenvalue weighted by Gasteiger charge is 2.32. The molecular weight excluding hydrogens is 396 g/mol. The minimum absolute atomic E-state index is 0.0493. The number of hydrogen-bond acceptors (Lipinski definition) is 7. The Morgan fingerprint density at radius 3 is 2.16 bits per heavy atom. The molecule has 0 amide bonds. The van der Waals surface area contributed by atoms with E-state index < -0.39 is 0 Å². The summed E-state index contributed by atoms with van der Waals surface area (Å²) in [6.45, 7) is 4.05. The van der Waals surface area contributed by atoms with Gasteiger partial charge < -0.3 is 28.6 Å². The van der Waals surface area contributed by atoms with E-state index in [0.717, 1.165) is 43.1 Å².